The summed E-state index contributed by atoms with van der Waals surface area (Å²) in [5.41, 5.74) is 1.38. The first kappa shape index (κ1) is 22.2. The van der Waals surface area contributed by atoms with Gasteiger partial charge in [0.2, 0.25) is 11.8 Å². The number of carbonyl (C=O) groups excluding carboxylic acids is 2. The van der Waals surface area contributed by atoms with Crippen molar-refractivity contribution in [3.8, 4) is 5.75 Å². The number of halogens is 2. The third-order valence-electron chi connectivity index (χ3n) is 6.69. The lowest BCUT2D eigenvalue weighted by molar-refractivity contribution is -0.131. The van der Waals surface area contributed by atoms with Gasteiger partial charge in [0, 0.05) is 37.4 Å². The van der Waals surface area contributed by atoms with Gasteiger partial charge >= 0.3 is 0 Å². The van der Waals surface area contributed by atoms with E-state index >= 15 is 0 Å². The second-order valence-electron chi connectivity index (χ2n) is 8.85. The molecule has 5 nitrogen and oxygen atoms in total. The Morgan fingerprint density at radius 1 is 1.22 bits per heavy atom. The van der Waals surface area contributed by atoms with Crippen LogP contribution >= 0.6 is 0 Å². The van der Waals surface area contributed by atoms with Crippen molar-refractivity contribution in [1.82, 2.24) is 10.2 Å². The fourth-order valence-corrected chi connectivity index (χ4v) is 4.89. The van der Waals surface area contributed by atoms with Crippen LogP contribution in [0.5, 0.6) is 5.75 Å². The van der Waals surface area contributed by atoms with E-state index in [9.17, 15) is 18.4 Å². The second kappa shape index (κ2) is 9.27. The topological polar surface area (TPSA) is 58.6 Å². The van der Waals surface area contributed by atoms with Gasteiger partial charge < -0.3 is 15.0 Å². The lowest BCUT2D eigenvalue weighted by Crippen LogP contribution is -2.44. The summed E-state index contributed by atoms with van der Waals surface area (Å²) >= 11 is 0. The molecule has 2 atom stereocenters. The summed E-state index contributed by atoms with van der Waals surface area (Å²) in [5.74, 6) is -0.271. The van der Waals surface area contributed by atoms with Crippen LogP contribution < -0.4 is 10.1 Å². The molecule has 2 aliphatic heterocycles. The molecule has 0 aliphatic carbocycles. The molecule has 170 valence electrons. The highest BCUT2D eigenvalue weighted by Crippen LogP contribution is 2.33. The zero-order valence-corrected chi connectivity index (χ0v) is 18.2. The van der Waals surface area contributed by atoms with Crippen LogP contribution in [0.3, 0.4) is 0 Å². The Balaban J connectivity index is 1.39. The quantitative estimate of drug-likeness (QED) is 0.706. The standard InChI is InChI=1S/C25H28F2N2O3/c1-32-22-14-17(2-7-21(22)27)15-25(11-8-23(30)28-25)12-9-24(31)29-13-10-19(16-29)18-3-5-20(26)6-4-18/h2-7,14,19H,8-13,15-16H2,1H3,(H,28,30)/t19-,25-/m1/s1. The molecule has 0 saturated carbocycles. The van der Waals surface area contributed by atoms with Gasteiger partial charge in [-0.05, 0) is 61.1 Å². The first-order valence-corrected chi connectivity index (χ1v) is 11.0. The van der Waals surface area contributed by atoms with Gasteiger partial charge in [0.25, 0.3) is 0 Å². The summed E-state index contributed by atoms with van der Waals surface area (Å²) in [6.07, 6.45) is 3.28. The van der Waals surface area contributed by atoms with Crippen LogP contribution in [0.2, 0.25) is 0 Å². The summed E-state index contributed by atoms with van der Waals surface area (Å²) in [4.78, 5) is 26.8. The molecule has 32 heavy (non-hydrogen) atoms. The lowest BCUT2D eigenvalue weighted by Gasteiger charge is -2.30. The molecule has 0 aromatic heterocycles. The van der Waals surface area contributed by atoms with Crippen LogP contribution in [-0.4, -0.2) is 42.5 Å². The molecular weight excluding hydrogens is 414 g/mol. The molecule has 2 aromatic rings. The first-order chi connectivity index (χ1) is 15.4. The van der Waals surface area contributed by atoms with Crippen LogP contribution in [0.15, 0.2) is 42.5 Å². The number of likely N-dealkylation sites (tertiary alicyclic amines) is 1. The van der Waals surface area contributed by atoms with Gasteiger partial charge in [0.05, 0.1) is 7.11 Å². The van der Waals surface area contributed by atoms with E-state index in [1.54, 1.807) is 24.3 Å². The van der Waals surface area contributed by atoms with Crippen molar-refractivity contribution in [3.05, 3.63) is 65.2 Å². The smallest absolute Gasteiger partial charge is 0.222 e. The van der Waals surface area contributed by atoms with Crippen LogP contribution in [0.1, 0.15) is 49.1 Å². The molecular formula is C25H28F2N2O3. The normalized spacial score (nSPS) is 22.8. The zero-order chi connectivity index (χ0) is 22.7. The number of hydrogen-bond acceptors (Lipinski definition) is 3. The number of methoxy groups -OCH3 is 1. The van der Waals surface area contributed by atoms with Crippen LogP contribution in [-0.2, 0) is 16.0 Å². The molecule has 0 spiro atoms. The summed E-state index contributed by atoms with van der Waals surface area (Å²) in [6.45, 7) is 1.30. The number of rotatable bonds is 7. The van der Waals surface area contributed by atoms with Crippen LogP contribution in [0.4, 0.5) is 8.78 Å². The Bertz CT molecular complexity index is 995. The average Bonchev–Trinajstić information content (AvgIpc) is 3.42. The SMILES string of the molecule is COc1cc(C[C@]2(CCC(=O)N3CC[C@@H](c4ccc(F)cc4)C3)CCC(=O)N2)ccc1F. The van der Waals surface area contributed by atoms with E-state index < -0.39 is 11.4 Å². The number of ether oxygens (including phenoxy) is 1. The number of nitrogens with zero attached hydrogens (tertiary/aromatic N) is 1. The van der Waals surface area contributed by atoms with Gasteiger partial charge in [-0.25, -0.2) is 8.78 Å². The highest BCUT2D eigenvalue weighted by atomic mass is 19.1. The molecule has 2 amide bonds. The molecule has 2 aliphatic rings. The Morgan fingerprint density at radius 2 is 2.00 bits per heavy atom. The molecule has 0 unspecified atom stereocenters. The number of benzene rings is 2. The highest BCUT2D eigenvalue weighted by Gasteiger charge is 2.39. The molecule has 0 bridgehead atoms. The maximum atomic E-state index is 13.8. The Kier molecular flexibility index (Phi) is 6.44. The second-order valence-corrected chi connectivity index (χ2v) is 8.85. The van der Waals surface area contributed by atoms with Crippen molar-refractivity contribution >= 4 is 11.8 Å². The van der Waals surface area contributed by atoms with Crippen LogP contribution in [0, 0.1) is 11.6 Å². The predicted octanol–water partition coefficient (Wildman–Crippen LogP) is 3.96. The number of hydrogen-bond donors (Lipinski definition) is 1. The molecule has 4 rings (SSSR count). The third kappa shape index (κ3) is 4.92. The van der Waals surface area contributed by atoms with Gasteiger partial charge in [-0.2, -0.15) is 0 Å². The summed E-state index contributed by atoms with van der Waals surface area (Å²) < 4.78 is 32.0. The van der Waals surface area contributed by atoms with E-state index in [4.69, 9.17) is 4.74 Å². The van der Waals surface area contributed by atoms with E-state index in [0.29, 0.717) is 45.2 Å². The van der Waals surface area contributed by atoms with Gasteiger partial charge in [-0.1, -0.05) is 18.2 Å². The van der Waals surface area contributed by atoms with Crippen molar-refractivity contribution in [2.24, 2.45) is 0 Å². The Morgan fingerprint density at radius 3 is 2.69 bits per heavy atom. The minimum Gasteiger partial charge on any atom is -0.494 e. The van der Waals surface area contributed by atoms with Crippen molar-refractivity contribution in [3.63, 3.8) is 0 Å². The van der Waals surface area contributed by atoms with Crippen LogP contribution in [0.25, 0.3) is 0 Å². The number of amides is 2. The maximum absolute atomic E-state index is 13.8. The average molecular weight is 443 g/mol. The van der Waals surface area contributed by atoms with E-state index in [1.807, 2.05) is 4.90 Å². The molecule has 2 aromatic carbocycles. The monoisotopic (exact) mass is 442 g/mol. The largest absolute Gasteiger partial charge is 0.494 e. The van der Waals surface area contributed by atoms with Gasteiger partial charge in [-0.15, -0.1) is 0 Å². The fraction of sp³-hybridized carbons (Fsp3) is 0.440. The molecule has 2 heterocycles. The zero-order valence-electron chi connectivity index (χ0n) is 18.2. The Hall–Kier alpha value is -2.96. The molecule has 7 heteroatoms. The molecule has 2 fully saturated rings. The fourth-order valence-electron chi connectivity index (χ4n) is 4.89. The van der Waals surface area contributed by atoms with Gasteiger partial charge in [-0.3, -0.25) is 9.59 Å². The van der Waals surface area contributed by atoms with Crippen molar-refractivity contribution in [2.45, 2.75) is 50.0 Å². The number of carbonyl (C=O) groups is 2. The van der Waals surface area contributed by atoms with Crippen molar-refractivity contribution < 1.29 is 23.1 Å². The van der Waals surface area contributed by atoms with Gasteiger partial charge in [0.1, 0.15) is 5.82 Å². The molecule has 2 saturated heterocycles. The van der Waals surface area contributed by atoms with E-state index in [1.165, 1.54) is 25.3 Å². The maximum Gasteiger partial charge on any atom is 0.222 e. The molecule has 1 N–H and O–H groups in total. The minimum absolute atomic E-state index is 0.0240. The van der Waals surface area contributed by atoms with Crippen molar-refractivity contribution in [1.29, 1.82) is 0 Å². The Labute approximate surface area is 186 Å². The van der Waals surface area contributed by atoms with Gasteiger partial charge in [0.15, 0.2) is 11.6 Å². The van der Waals surface area contributed by atoms with Crippen molar-refractivity contribution in [2.75, 3.05) is 20.2 Å². The minimum atomic E-state index is -0.522. The highest BCUT2D eigenvalue weighted by molar-refractivity contribution is 5.80. The lowest BCUT2D eigenvalue weighted by atomic mass is 9.84. The third-order valence-corrected chi connectivity index (χ3v) is 6.69. The number of nitrogens with one attached hydrogen (secondary N) is 1. The summed E-state index contributed by atoms with van der Waals surface area (Å²) in [6, 6.07) is 11.2. The molecule has 0 radical (unpaired) electrons. The summed E-state index contributed by atoms with van der Waals surface area (Å²) in [5, 5.41) is 3.07. The first-order valence-electron chi connectivity index (χ1n) is 11.0. The summed E-state index contributed by atoms with van der Waals surface area (Å²) in [7, 11) is 1.42. The predicted molar refractivity (Wildman–Crippen MR) is 116 cm³/mol. The van der Waals surface area contributed by atoms with E-state index in [2.05, 4.69) is 5.32 Å². The van der Waals surface area contributed by atoms with E-state index in [0.717, 1.165) is 17.5 Å². The van der Waals surface area contributed by atoms with E-state index in [-0.39, 0.29) is 29.3 Å².